The van der Waals surface area contributed by atoms with Crippen molar-refractivity contribution in [2.24, 2.45) is 5.10 Å². The number of hydrazone groups is 1. The molecule has 2 N–H and O–H groups in total. The maximum absolute atomic E-state index is 11.5. The van der Waals surface area contributed by atoms with Crippen molar-refractivity contribution in [1.82, 2.24) is 0 Å². The number of benzene rings is 3. The summed E-state index contributed by atoms with van der Waals surface area (Å²) in [6.07, 6.45) is 0. The lowest BCUT2D eigenvalue weighted by molar-refractivity contribution is -0.393. The van der Waals surface area contributed by atoms with Crippen molar-refractivity contribution < 1.29 is 24.4 Å². The second-order valence-corrected chi connectivity index (χ2v) is 7.14. The highest BCUT2D eigenvalue weighted by atomic mass is 16.6. The van der Waals surface area contributed by atoms with Crippen molar-refractivity contribution in [2.45, 2.75) is 5.92 Å². The molecular formula is C22H18N4O7. The number of ether oxygens (including phenoxy) is 2. The van der Waals surface area contributed by atoms with E-state index >= 15 is 0 Å². The molecule has 1 heterocycles. The number of non-ortho nitro benzene ring substituents is 1. The Morgan fingerprint density at radius 2 is 1.82 bits per heavy atom. The molecule has 0 fully saturated rings. The second-order valence-electron chi connectivity index (χ2n) is 7.14. The van der Waals surface area contributed by atoms with Crippen LogP contribution in [0.2, 0.25) is 0 Å². The van der Waals surface area contributed by atoms with E-state index in [1.165, 1.54) is 18.2 Å². The molecule has 4 rings (SSSR count). The Labute approximate surface area is 187 Å². The number of rotatable bonds is 6. The number of phenolic OH excluding ortho intramolecular Hbond substituents is 1. The molecule has 1 atom stereocenters. The molecule has 11 nitrogen and oxygen atoms in total. The van der Waals surface area contributed by atoms with E-state index in [0.717, 1.165) is 17.7 Å². The number of nitro benzene ring substituents is 2. The summed E-state index contributed by atoms with van der Waals surface area (Å²) >= 11 is 0. The third kappa shape index (κ3) is 4.37. The van der Waals surface area contributed by atoms with Crippen molar-refractivity contribution in [2.75, 3.05) is 19.1 Å². The fraction of sp³-hybridized carbons (Fsp3) is 0.136. The van der Waals surface area contributed by atoms with Gasteiger partial charge < -0.3 is 14.6 Å². The molecule has 1 aliphatic rings. The van der Waals surface area contributed by atoms with Crippen LogP contribution < -0.4 is 14.9 Å². The number of methoxy groups -OCH3 is 1. The monoisotopic (exact) mass is 450 g/mol. The van der Waals surface area contributed by atoms with E-state index in [4.69, 9.17) is 9.47 Å². The zero-order chi connectivity index (χ0) is 23.5. The van der Waals surface area contributed by atoms with E-state index in [1.54, 1.807) is 25.3 Å². The van der Waals surface area contributed by atoms with Crippen LogP contribution in [0.1, 0.15) is 17.0 Å². The second kappa shape index (κ2) is 8.83. The number of anilines is 1. The Balaban J connectivity index is 1.77. The highest BCUT2D eigenvalue weighted by molar-refractivity contribution is 6.08. The molecule has 1 unspecified atom stereocenters. The van der Waals surface area contributed by atoms with Gasteiger partial charge in [-0.05, 0) is 35.9 Å². The van der Waals surface area contributed by atoms with Gasteiger partial charge in [-0.1, -0.05) is 12.1 Å². The fourth-order valence-corrected chi connectivity index (χ4v) is 3.51. The number of fused-ring (bicyclic) bond motifs is 1. The summed E-state index contributed by atoms with van der Waals surface area (Å²) in [5, 5.41) is 36.7. The molecule has 33 heavy (non-hydrogen) atoms. The van der Waals surface area contributed by atoms with E-state index in [9.17, 15) is 25.3 Å². The molecule has 0 aromatic heterocycles. The molecule has 0 radical (unpaired) electrons. The van der Waals surface area contributed by atoms with Gasteiger partial charge in [-0.15, -0.1) is 0 Å². The van der Waals surface area contributed by atoms with Crippen molar-refractivity contribution in [3.8, 4) is 17.2 Å². The summed E-state index contributed by atoms with van der Waals surface area (Å²) in [7, 11) is 1.56. The topological polar surface area (TPSA) is 149 Å². The Morgan fingerprint density at radius 3 is 2.48 bits per heavy atom. The predicted molar refractivity (Wildman–Crippen MR) is 119 cm³/mol. The Morgan fingerprint density at radius 1 is 1.06 bits per heavy atom. The number of nitrogens with one attached hydrogen (secondary N) is 1. The minimum atomic E-state index is -0.716. The van der Waals surface area contributed by atoms with Crippen LogP contribution in [-0.2, 0) is 0 Å². The fourth-order valence-electron chi connectivity index (χ4n) is 3.51. The van der Waals surface area contributed by atoms with Crippen molar-refractivity contribution in [3.05, 3.63) is 92.0 Å². The van der Waals surface area contributed by atoms with Gasteiger partial charge in [-0.2, -0.15) is 5.10 Å². The van der Waals surface area contributed by atoms with Gasteiger partial charge >= 0.3 is 5.69 Å². The molecule has 3 aromatic carbocycles. The van der Waals surface area contributed by atoms with Gasteiger partial charge in [0, 0.05) is 17.7 Å². The Hall–Kier alpha value is -4.67. The maximum atomic E-state index is 11.5. The number of nitrogens with zero attached hydrogens (tertiary/aromatic N) is 3. The number of phenols is 1. The van der Waals surface area contributed by atoms with E-state index < -0.39 is 21.2 Å². The van der Waals surface area contributed by atoms with Crippen molar-refractivity contribution in [1.29, 1.82) is 0 Å². The van der Waals surface area contributed by atoms with Gasteiger partial charge in [-0.3, -0.25) is 25.7 Å². The van der Waals surface area contributed by atoms with E-state index in [0.29, 0.717) is 22.8 Å². The summed E-state index contributed by atoms with van der Waals surface area (Å²) in [5.41, 5.74) is 3.79. The normalized spacial score (nSPS) is 15.9. The first-order valence-corrected chi connectivity index (χ1v) is 9.74. The van der Waals surface area contributed by atoms with Crippen LogP contribution in [0.4, 0.5) is 17.1 Å². The van der Waals surface area contributed by atoms with Crippen LogP contribution in [0, 0.1) is 20.2 Å². The largest absolute Gasteiger partial charge is 0.508 e. The third-order valence-corrected chi connectivity index (χ3v) is 5.18. The number of hydrogen-bond acceptors (Lipinski definition) is 9. The first-order valence-electron chi connectivity index (χ1n) is 9.74. The SMILES string of the molecule is COc1ccc(C2COc3cc(O)ccc3C2=NNc2ccc([N+](=O)[O-])cc2[N+](=O)[O-])cc1. The van der Waals surface area contributed by atoms with Gasteiger partial charge in [0.05, 0.1) is 34.7 Å². The summed E-state index contributed by atoms with van der Waals surface area (Å²) < 4.78 is 11.0. The zero-order valence-electron chi connectivity index (χ0n) is 17.3. The molecule has 11 heteroatoms. The van der Waals surface area contributed by atoms with E-state index in [1.807, 2.05) is 12.1 Å². The van der Waals surface area contributed by atoms with E-state index in [2.05, 4.69) is 10.5 Å². The molecule has 0 aliphatic carbocycles. The minimum absolute atomic E-state index is 0.00148. The number of hydrogen-bond donors (Lipinski definition) is 2. The van der Waals surface area contributed by atoms with Crippen LogP contribution in [0.25, 0.3) is 0 Å². The minimum Gasteiger partial charge on any atom is -0.508 e. The summed E-state index contributed by atoms with van der Waals surface area (Å²) in [6.45, 7) is 0.214. The first-order chi connectivity index (χ1) is 15.9. The molecule has 0 bridgehead atoms. The molecule has 0 spiro atoms. The van der Waals surface area contributed by atoms with Crippen LogP contribution in [0.3, 0.4) is 0 Å². The summed E-state index contributed by atoms with van der Waals surface area (Å²) in [6, 6.07) is 15.2. The molecule has 3 aromatic rings. The van der Waals surface area contributed by atoms with Crippen molar-refractivity contribution in [3.63, 3.8) is 0 Å². The lowest BCUT2D eigenvalue weighted by Crippen LogP contribution is -2.27. The van der Waals surface area contributed by atoms with Gasteiger partial charge in [0.2, 0.25) is 0 Å². The van der Waals surface area contributed by atoms with Gasteiger partial charge in [0.15, 0.2) is 0 Å². The van der Waals surface area contributed by atoms with Gasteiger partial charge in [0.25, 0.3) is 5.69 Å². The molecular weight excluding hydrogens is 432 g/mol. The molecule has 0 saturated carbocycles. The lowest BCUT2D eigenvalue weighted by Gasteiger charge is -2.27. The van der Waals surface area contributed by atoms with Crippen LogP contribution in [0.15, 0.2) is 65.8 Å². The summed E-state index contributed by atoms with van der Waals surface area (Å²) in [5.74, 6) is 0.782. The highest BCUT2D eigenvalue weighted by Gasteiger charge is 2.29. The number of aromatic hydroxyl groups is 1. The predicted octanol–water partition coefficient (Wildman–Crippen LogP) is 4.21. The standard InChI is InChI=1S/C22H18N4O7/c1-32-16-6-2-13(3-7-16)18-12-33-21-11-15(27)5-8-17(21)22(18)24-23-19-9-4-14(25(28)29)10-20(19)26(30)31/h2-11,18,23,27H,12H2,1H3. The zero-order valence-corrected chi connectivity index (χ0v) is 17.3. The number of nitro groups is 2. The average Bonchev–Trinajstić information content (AvgIpc) is 2.82. The van der Waals surface area contributed by atoms with E-state index in [-0.39, 0.29) is 24.0 Å². The van der Waals surface area contributed by atoms with Gasteiger partial charge in [0.1, 0.15) is 29.5 Å². The third-order valence-electron chi connectivity index (χ3n) is 5.18. The Bertz CT molecular complexity index is 1260. The van der Waals surface area contributed by atoms with Crippen LogP contribution in [0.5, 0.6) is 17.2 Å². The smallest absolute Gasteiger partial charge is 0.301 e. The van der Waals surface area contributed by atoms with Crippen LogP contribution in [-0.4, -0.2) is 34.4 Å². The molecule has 0 saturated heterocycles. The first kappa shape index (κ1) is 21.6. The molecule has 0 amide bonds. The maximum Gasteiger partial charge on any atom is 0.301 e. The average molecular weight is 450 g/mol. The Kier molecular flexibility index (Phi) is 5.77. The highest BCUT2D eigenvalue weighted by Crippen LogP contribution is 2.36. The molecule has 1 aliphatic heterocycles. The lowest BCUT2D eigenvalue weighted by atomic mass is 9.88. The summed E-state index contributed by atoms with van der Waals surface area (Å²) in [4.78, 5) is 21.0. The quantitative estimate of drug-likeness (QED) is 0.419. The molecule has 168 valence electrons. The van der Waals surface area contributed by atoms with Crippen LogP contribution >= 0.6 is 0 Å². The van der Waals surface area contributed by atoms with Crippen molar-refractivity contribution >= 4 is 22.8 Å². The van der Waals surface area contributed by atoms with Gasteiger partial charge in [-0.25, -0.2) is 0 Å².